The third-order valence-corrected chi connectivity index (χ3v) is 5.07. The second-order valence-corrected chi connectivity index (χ2v) is 7.03. The SMILES string of the molecule is C[C@H](CO)NC(=O)C1CCC(Cn2cnc3ccccc3c2=O)CC1. The minimum Gasteiger partial charge on any atom is -0.394 e. The number of nitrogens with one attached hydrogen (secondary N) is 1. The summed E-state index contributed by atoms with van der Waals surface area (Å²) in [5, 5.41) is 12.5. The highest BCUT2D eigenvalue weighted by Gasteiger charge is 2.27. The lowest BCUT2D eigenvalue weighted by molar-refractivity contribution is -0.127. The molecule has 0 bridgehead atoms. The summed E-state index contributed by atoms with van der Waals surface area (Å²) in [6.07, 6.45) is 5.12. The fraction of sp³-hybridized carbons (Fsp3) is 0.526. The van der Waals surface area contributed by atoms with Gasteiger partial charge >= 0.3 is 0 Å². The molecule has 1 aliphatic carbocycles. The lowest BCUT2D eigenvalue weighted by Gasteiger charge is -2.28. The summed E-state index contributed by atoms with van der Waals surface area (Å²) < 4.78 is 1.70. The lowest BCUT2D eigenvalue weighted by Crippen LogP contribution is -2.40. The summed E-state index contributed by atoms with van der Waals surface area (Å²) in [5.41, 5.74) is 0.726. The molecule has 1 heterocycles. The van der Waals surface area contributed by atoms with Gasteiger partial charge < -0.3 is 10.4 Å². The second kappa shape index (κ2) is 7.78. The molecule has 1 amide bonds. The summed E-state index contributed by atoms with van der Waals surface area (Å²) >= 11 is 0. The van der Waals surface area contributed by atoms with Crippen LogP contribution in [-0.4, -0.2) is 33.2 Å². The Bertz CT molecular complexity index is 794. The van der Waals surface area contributed by atoms with Crippen LogP contribution >= 0.6 is 0 Å². The number of benzene rings is 1. The Morgan fingerprint density at radius 1 is 1.32 bits per heavy atom. The quantitative estimate of drug-likeness (QED) is 0.865. The summed E-state index contributed by atoms with van der Waals surface area (Å²) in [7, 11) is 0. The van der Waals surface area contributed by atoms with Gasteiger partial charge in [-0.1, -0.05) is 12.1 Å². The standard InChI is InChI=1S/C19H25N3O3/c1-13(11-23)21-18(24)15-8-6-14(7-9-15)10-22-12-20-17-5-3-2-4-16(17)19(22)25/h2-5,12-15,23H,6-11H2,1H3,(H,21,24)/t13-,14?,15?/m1/s1. The van der Waals surface area contributed by atoms with Crippen LogP contribution in [0.25, 0.3) is 10.9 Å². The van der Waals surface area contributed by atoms with Crippen LogP contribution < -0.4 is 10.9 Å². The van der Waals surface area contributed by atoms with Crippen LogP contribution in [0.15, 0.2) is 35.4 Å². The van der Waals surface area contributed by atoms with Gasteiger partial charge in [0.05, 0.1) is 23.8 Å². The number of carbonyl (C=O) groups excluding carboxylic acids is 1. The first kappa shape index (κ1) is 17.6. The molecule has 0 spiro atoms. The van der Waals surface area contributed by atoms with Gasteiger partial charge in [-0.15, -0.1) is 0 Å². The molecular formula is C19H25N3O3. The molecule has 1 fully saturated rings. The molecule has 0 unspecified atom stereocenters. The number of aromatic nitrogens is 2. The highest BCUT2D eigenvalue weighted by Crippen LogP contribution is 2.29. The van der Waals surface area contributed by atoms with E-state index in [4.69, 9.17) is 5.11 Å². The Morgan fingerprint density at radius 2 is 2.04 bits per heavy atom. The van der Waals surface area contributed by atoms with Crippen molar-refractivity contribution in [1.29, 1.82) is 0 Å². The smallest absolute Gasteiger partial charge is 0.261 e. The van der Waals surface area contributed by atoms with Gasteiger partial charge in [0.25, 0.3) is 5.56 Å². The Morgan fingerprint density at radius 3 is 2.76 bits per heavy atom. The molecule has 1 atom stereocenters. The summed E-state index contributed by atoms with van der Waals surface area (Å²) in [5.74, 6) is 0.432. The van der Waals surface area contributed by atoms with Crippen molar-refractivity contribution >= 4 is 16.8 Å². The molecule has 25 heavy (non-hydrogen) atoms. The van der Waals surface area contributed by atoms with Crippen LogP contribution in [-0.2, 0) is 11.3 Å². The van der Waals surface area contributed by atoms with Crippen molar-refractivity contribution in [1.82, 2.24) is 14.9 Å². The molecule has 6 nitrogen and oxygen atoms in total. The molecule has 3 rings (SSSR count). The van der Waals surface area contributed by atoms with E-state index >= 15 is 0 Å². The number of nitrogens with zero attached hydrogens (tertiary/aromatic N) is 2. The van der Waals surface area contributed by atoms with E-state index in [1.165, 1.54) is 0 Å². The lowest BCUT2D eigenvalue weighted by atomic mass is 9.81. The highest BCUT2D eigenvalue weighted by atomic mass is 16.3. The molecule has 1 aliphatic rings. The maximum absolute atomic E-state index is 12.6. The maximum Gasteiger partial charge on any atom is 0.261 e. The largest absolute Gasteiger partial charge is 0.394 e. The van der Waals surface area contributed by atoms with Gasteiger partial charge in [-0.2, -0.15) is 0 Å². The predicted molar refractivity (Wildman–Crippen MR) is 96.1 cm³/mol. The predicted octanol–water partition coefficient (Wildman–Crippen LogP) is 1.70. The molecule has 1 saturated carbocycles. The number of amides is 1. The second-order valence-electron chi connectivity index (χ2n) is 7.03. The van der Waals surface area contributed by atoms with Crippen LogP contribution in [0.2, 0.25) is 0 Å². The van der Waals surface area contributed by atoms with E-state index in [1.54, 1.807) is 17.8 Å². The van der Waals surface area contributed by atoms with Crippen molar-refractivity contribution in [2.45, 2.75) is 45.2 Å². The summed E-state index contributed by atoms with van der Waals surface area (Å²) in [6, 6.07) is 7.19. The Kier molecular flexibility index (Phi) is 5.48. The van der Waals surface area contributed by atoms with E-state index in [0.717, 1.165) is 31.2 Å². The van der Waals surface area contributed by atoms with E-state index < -0.39 is 0 Å². The Balaban J connectivity index is 1.60. The molecule has 1 aromatic carbocycles. The topological polar surface area (TPSA) is 84.2 Å². The number of hydrogen-bond acceptors (Lipinski definition) is 4. The van der Waals surface area contributed by atoms with Gasteiger partial charge in [-0.3, -0.25) is 14.2 Å². The van der Waals surface area contributed by atoms with Gasteiger partial charge in [0.1, 0.15) is 0 Å². The van der Waals surface area contributed by atoms with E-state index in [-0.39, 0.29) is 30.0 Å². The zero-order valence-corrected chi connectivity index (χ0v) is 14.5. The average molecular weight is 343 g/mol. The number of para-hydroxylation sites is 1. The third kappa shape index (κ3) is 4.07. The highest BCUT2D eigenvalue weighted by molar-refractivity contribution is 5.79. The van der Waals surface area contributed by atoms with Crippen molar-refractivity contribution in [2.24, 2.45) is 11.8 Å². The molecule has 0 saturated heterocycles. The van der Waals surface area contributed by atoms with Crippen LogP contribution in [0.3, 0.4) is 0 Å². The first-order valence-electron chi connectivity index (χ1n) is 8.94. The molecule has 6 heteroatoms. The van der Waals surface area contributed by atoms with E-state index in [9.17, 15) is 9.59 Å². The van der Waals surface area contributed by atoms with Gasteiger partial charge in [-0.25, -0.2) is 4.98 Å². The minimum absolute atomic E-state index is 0.00207. The van der Waals surface area contributed by atoms with Crippen molar-refractivity contribution in [2.75, 3.05) is 6.61 Å². The minimum atomic E-state index is -0.201. The van der Waals surface area contributed by atoms with E-state index in [0.29, 0.717) is 17.8 Å². The molecule has 0 aliphatic heterocycles. The first-order chi connectivity index (χ1) is 12.1. The Labute approximate surface area is 146 Å². The molecule has 2 aromatic rings. The van der Waals surface area contributed by atoms with Crippen LogP contribution in [0, 0.1) is 11.8 Å². The molecule has 2 N–H and O–H groups in total. The van der Waals surface area contributed by atoms with Crippen molar-refractivity contribution in [3.63, 3.8) is 0 Å². The molecule has 134 valence electrons. The fourth-order valence-corrected chi connectivity index (χ4v) is 3.53. The van der Waals surface area contributed by atoms with Crippen molar-refractivity contribution < 1.29 is 9.90 Å². The molecule has 0 radical (unpaired) electrons. The average Bonchev–Trinajstić information content (AvgIpc) is 2.64. The number of aliphatic hydroxyl groups is 1. The van der Waals surface area contributed by atoms with Gasteiger partial charge in [-0.05, 0) is 50.7 Å². The number of fused-ring (bicyclic) bond motifs is 1. The van der Waals surface area contributed by atoms with Crippen LogP contribution in [0.5, 0.6) is 0 Å². The maximum atomic E-state index is 12.6. The zero-order chi connectivity index (χ0) is 17.8. The third-order valence-electron chi connectivity index (χ3n) is 5.07. The van der Waals surface area contributed by atoms with E-state index in [2.05, 4.69) is 10.3 Å². The first-order valence-corrected chi connectivity index (χ1v) is 8.94. The number of carbonyl (C=O) groups is 1. The normalized spacial score (nSPS) is 21.8. The summed E-state index contributed by atoms with van der Waals surface area (Å²) in [6.45, 7) is 2.40. The van der Waals surface area contributed by atoms with Gasteiger partial charge in [0, 0.05) is 18.5 Å². The van der Waals surface area contributed by atoms with Gasteiger partial charge in [0.2, 0.25) is 5.91 Å². The fourth-order valence-electron chi connectivity index (χ4n) is 3.53. The van der Waals surface area contributed by atoms with Crippen molar-refractivity contribution in [3.05, 3.63) is 40.9 Å². The van der Waals surface area contributed by atoms with Gasteiger partial charge in [0.15, 0.2) is 0 Å². The zero-order valence-electron chi connectivity index (χ0n) is 14.5. The number of hydrogen-bond donors (Lipinski definition) is 2. The molecular weight excluding hydrogens is 318 g/mol. The monoisotopic (exact) mass is 343 g/mol. The number of rotatable bonds is 5. The summed E-state index contributed by atoms with van der Waals surface area (Å²) in [4.78, 5) is 29.1. The number of aliphatic hydroxyl groups excluding tert-OH is 1. The van der Waals surface area contributed by atoms with Crippen LogP contribution in [0.4, 0.5) is 0 Å². The van der Waals surface area contributed by atoms with Crippen molar-refractivity contribution in [3.8, 4) is 0 Å². The van der Waals surface area contributed by atoms with Crippen LogP contribution in [0.1, 0.15) is 32.6 Å². The molecule has 1 aromatic heterocycles. The Hall–Kier alpha value is -2.21. The van der Waals surface area contributed by atoms with E-state index in [1.807, 2.05) is 24.3 Å².